The molecule has 0 saturated carbocycles. The van der Waals surface area contributed by atoms with Crippen LogP contribution in [0.15, 0.2) is 42.5 Å². The van der Waals surface area contributed by atoms with Crippen molar-refractivity contribution in [1.29, 1.82) is 0 Å². The number of para-hydroxylation sites is 2. The zero-order valence-corrected chi connectivity index (χ0v) is 13.2. The Hall–Kier alpha value is -3.27. The Bertz CT molecular complexity index is 812. The Morgan fingerprint density at radius 3 is 2.33 bits per heavy atom. The number of methoxy groups -OCH3 is 1. The highest BCUT2D eigenvalue weighted by atomic mass is 32.1. The number of nitrogens with one attached hydrogen (secondary N) is 2. The highest BCUT2D eigenvalue weighted by Crippen LogP contribution is 2.29. The van der Waals surface area contributed by atoms with E-state index < -0.39 is 9.85 Å². The molecule has 124 valence electrons. The van der Waals surface area contributed by atoms with E-state index in [1.54, 1.807) is 12.1 Å². The molecule has 10 heteroatoms. The molecule has 0 bridgehead atoms. The molecule has 2 N–H and O–H groups in total. The summed E-state index contributed by atoms with van der Waals surface area (Å²) in [5.74, 6) is 0.218. The maximum Gasteiger partial charge on any atom is 0.292 e. The van der Waals surface area contributed by atoms with E-state index >= 15 is 0 Å². The van der Waals surface area contributed by atoms with Crippen molar-refractivity contribution in [2.24, 2.45) is 0 Å². The SMILES string of the molecule is COc1cc([N+](=O)[O-])ccc1NC(=S)Nc1ccccc1[N+](=O)[O-]. The minimum Gasteiger partial charge on any atom is -0.494 e. The fraction of sp³-hybridized carbons (Fsp3) is 0.0714. The van der Waals surface area contributed by atoms with Crippen LogP contribution in [-0.4, -0.2) is 22.1 Å². The predicted octanol–water partition coefficient (Wildman–Crippen LogP) is 3.32. The largest absolute Gasteiger partial charge is 0.494 e. The van der Waals surface area contributed by atoms with Gasteiger partial charge in [0.2, 0.25) is 0 Å². The number of rotatable bonds is 5. The van der Waals surface area contributed by atoms with Gasteiger partial charge in [0, 0.05) is 12.1 Å². The van der Waals surface area contributed by atoms with Crippen LogP contribution in [0.3, 0.4) is 0 Å². The molecule has 0 atom stereocenters. The fourth-order valence-corrected chi connectivity index (χ4v) is 2.13. The first kappa shape index (κ1) is 17.1. The second kappa shape index (κ2) is 7.33. The Morgan fingerprint density at radius 2 is 1.71 bits per heavy atom. The summed E-state index contributed by atoms with van der Waals surface area (Å²) in [5.41, 5.74) is 0.354. The molecular formula is C14H12N4O5S. The molecule has 0 aliphatic rings. The van der Waals surface area contributed by atoms with Crippen LogP contribution in [0.5, 0.6) is 5.75 Å². The van der Waals surface area contributed by atoms with Crippen LogP contribution in [0.2, 0.25) is 0 Å². The fourth-order valence-electron chi connectivity index (χ4n) is 1.91. The summed E-state index contributed by atoms with van der Waals surface area (Å²) in [6.07, 6.45) is 0. The van der Waals surface area contributed by atoms with Gasteiger partial charge < -0.3 is 15.4 Å². The van der Waals surface area contributed by atoms with Crippen LogP contribution in [0.1, 0.15) is 0 Å². The van der Waals surface area contributed by atoms with Crippen molar-refractivity contribution in [3.05, 3.63) is 62.7 Å². The molecule has 24 heavy (non-hydrogen) atoms. The first-order chi connectivity index (χ1) is 11.4. The second-order valence-corrected chi connectivity index (χ2v) is 4.90. The zero-order chi connectivity index (χ0) is 17.7. The lowest BCUT2D eigenvalue weighted by atomic mass is 10.2. The minimum atomic E-state index is -0.545. The minimum absolute atomic E-state index is 0.0800. The van der Waals surface area contributed by atoms with Crippen molar-refractivity contribution < 1.29 is 14.6 Å². The first-order valence-corrected chi connectivity index (χ1v) is 6.97. The summed E-state index contributed by atoms with van der Waals surface area (Å²) < 4.78 is 5.09. The van der Waals surface area contributed by atoms with E-state index in [0.29, 0.717) is 5.69 Å². The summed E-state index contributed by atoms with van der Waals surface area (Å²) >= 11 is 5.12. The molecule has 9 nitrogen and oxygen atoms in total. The lowest BCUT2D eigenvalue weighted by Gasteiger charge is -2.13. The Morgan fingerprint density at radius 1 is 1.04 bits per heavy atom. The monoisotopic (exact) mass is 348 g/mol. The maximum absolute atomic E-state index is 11.0. The second-order valence-electron chi connectivity index (χ2n) is 4.50. The van der Waals surface area contributed by atoms with Crippen molar-refractivity contribution in [3.8, 4) is 5.75 Å². The number of non-ortho nitro benzene ring substituents is 1. The Kier molecular flexibility index (Phi) is 5.22. The van der Waals surface area contributed by atoms with E-state index in [-0.39, 0.29) is 27.9 Å². The summed E-state index contributed by atoms with van der Waals surface area (Å²) in [6, 6.07) is 10.00. The average molecular weight is 348 g/mol. The van der Waals surface area contributed by atoms with E-state index in [9.17, 15) is 20.2 Å². The number of hydrogen-bond acceptors (Lipinski definition) is 6. The molecule has 0 aromatic heterocycles. The molecule has 0 spiro atoms. The van der Waals surface area contributed by atoms with E-state index in [0.717, 1.165) is 0 Å². The number of nitro groups is 2. The quantitative estimate of drug-likeness (QED) is 0.480. The van der Waals surface area contributed by atoms with E-state index in [1.807, 2.05) is 0 Å². The van der Waals surface area contributed by atoms with Gasteiger partial charge >= 0.3 is 0 Å². The van der Waals surface area contributed by atoms with Crippen LogP contribution < -0.4 is 15.4 Å². The molecule has 2 rings (SSSR count). The van der Waals surface area contributed by atoms with Crippen LogP contribution in [0, 0.1) is 20.2 Å². The first-order valence-electron chi connectivity index (χ1n) is 6.56. The number of benzene rings is 2. The topological polar surface area (TPSA) is 120 Å². The lowest BCUT2D eigenvalue weighted by Crippen LogP contribution is -2.20. The van der Waals surface area contributed by atoms with Crippen molar-refractivity contribution in [3.63, 3.8) is 0 Å². The van der Waals surface area contributed by atoms with Gasteiger partial charge in [-0.15, -0.1) is 0 Å². The van der Waals surface area contributed by atoms with Gasteiger partial charge in [-0.2, -0.15) is 0 Å². The molecule has 2 aromatic carbocycles. The summed E-state index contributed by atoms with van der Waals surface area (Å²) in [7, 11) is 1.36. The van der Waals surface area contributed by atoms with Gasteiger partial charge in [-0.05, 0) is 24.4 Å². The van der Waals surface area contributed by atoms with Gasteiger partial charge in [-0.3, -0.25) is 20.2 Å². The third kappa shape index (κ3) is 3.93. The van der Waals surface area contributed by atoms with Crippen molar-refractivity contribution in [2.75, 3.05) is 17.7 Å². The van der Waals surface area contributed by atoms with Gasteiger partial charge in [0.1, 0.15) is 11.4 Å². The normalized spacial score (nSPS) is 9.88. The van der Waals surface area contributed by atoms with Crippen molar-refractivity contribution in [1.82, 2.24) is 0 Å². The number of anilines is 2. The van der Waals surface area contributed by atoms with Gasteiger partial charge in [-0.1, -0.05) is 12.1 Å². The molecular weight excluding hydrogens is 336 g/mol. The van der Waals surface area contributed by atoms with Gasteiger partial charge in [0.05, 0.1) is 28.7 Å². The average Bonchev–Trinajstić information content (AvgIpc) is 2.55. The van der Waals surface area contributed by atoms with Gasteiger partial charge in [0.15, 0.2) is 5.11 Å². The van der Waals surface area contributed by atoms with E-state index in [2.05, 4.69) is 10.6 Å². The van der Waals surface area contributed by atoms with Crippen molar-refractivity contribution in [2.45, 2.75) is 0 Å². The molecule has 0 unspecified atom stereocenters. The molecule has 0 radical (unpaired) electrons. The number of ether oxygens (including phenoxy) is 1. The zero-order valence-electron chi connectivity index (χ0n) is 12.4. The molecule has 2 aromatic rings. The van der Waals surface area contributed by atoms with Gasteiger partial charge in [-0.25, -0.2) is 0 Å². The highest BCUT2D eigenvalue weighted by Gasteiger charge is 2.15. The Labute approximate surface area is 141 Å². The smallest absolute Gasteiger partial charge is 0.292 e. The van der Waals surface area contributed by atoms with Crippen LogP contribution >= 0.6 is 12.2 Å². The van der Waals surface area contributed by atoms with Crippen LogP contribution in [0.4, 0.5) is 22.7 Å². The third-order valence-corrected chi connectivity index (χ3v) is 3.20. The molecule has 0 heterocycles. The Balaban J connectivity index is 2.19. The summed E-state index contributed by atoms with van der Waals surface area (Å²) in [4.78, 5) is 20.7. The number of hydrogen-bond donors (Lipinski definition) is 2. The number of nitro benzene ring substituents is 2. The molecule has 0 aliphatic heterocycles. The summed E-state index contributed by atoms with van der Waals surface area (Å²) in [5, 5.41) is 27.3. The van der Waals surface area contributed by atoms with Gasteiger partial charge in [0.25, 0.3) is 11.4 Å². The molecule has 0 amide bonds. The predicted molar refractivity (Wildman–Crippen MR) is 92.6 cm³/mol. The van der Waals surface area contributed by atoms with Crippen LogP contribution in [0.25, 0.3) is 0 Å². The van der Waals surface area contributed by atoms with E-state index in [4.69, 9.17) is 17.0 Å². The highest BCUT2D eigenvalue weighted by molar-refractivity contribution is 7.80. The molecule has 0 saturated heterocycles. The number of nitrogens with zero attached hydrogens (tertiary/aromatic N) is 2. The van der Waals surface area contributed by atoms with Crippen molar-refractivity contribution >= 4 is 40.1 Å². The molecule has 0 aliphatic carbocycles. The lowest BCUT2D eigenvalue weighted by molar-refractivity contribution is -0.384. The third-order valence-electron chi connectivity index (χ3n) is 2.99. The number of thiocarbonyl (C=S) groups is 1. The summed E-state index contributed by atoms with van der Waals surface area (Å²) in [6.45, 7) is 0. The molecule has 0 fully saturated rings. The van der Waals surface area contributed by atoms with E-state index in [1.165, 1.54) is 37.4 Å². The van der Waals surface area contributed by atoms with Crippen LogP contribution in [-0.2, 0) is 0 Å². The maximum atomic E-state index is 11.0. The standard InChI is InChI=1S/C14H12N4O5S/c1-23-13-8-9(17(19)20)6-7-11(13)16-14(24)15-10-4-2-3-5-12(10)18(21)22/h2-8H,1H3,(H2,15,16,24).